The second kappa shape index (κ2) is 4.24. The Kier molecular flexibility index (Phi) is 3.26. The van der Waals surface area contributed by atoms with E-state index in [-0.39, 0.29) is 11.8 Å². The molecule has 0 aliphatic heterocycles. The van der Waals surface area contributed by atoms with E-state index in [4.69, 9.17) is 0 Å². The molecule has 1 fully saturated rings. The molecule has 1 amide bonds. The Morgan fingerprint density at radius 2 is 2.42 bits per heavy atom. The molecule has 0 aromatic carbocycles. The average molecular weight is 169 g/mol. The summed E-state index contributed by atoms with van der Waals surface area (Å²) in [6.45, 7) is 2.14. The largest absolute Gasteiger partial charge is 0.356 e. The molecule has 0 bridgehead atoms. The summed E-state index contributed by atoms with van der Waals surface area (Å²) < 4.78 is 0. The van der Waals surface area contributed by atoms with Gasteiger partial charge in [0.1, 0.15) is 5.78 Å². The molecular formula is C9H15NO2. The second-order valence-corrected chi connectivity index (χ2v) is 3.33. The molecule has 3 heteroatoms. The van der Waals surface area contributed by atoms with Gasteiger partial charge in [-0.15, -0.1) is 0 Å². The van der Waals surface area contributed by atoms with E-state index in [1.807, 2.05) is 0 Å². The van der Waals surface area contributed by atoms with Crippen LogP contribution in [0.3, 0.4) is 0 Å². The van der Waals surface area contributed by atoms with Crippen molar-refractivity contribution in [2.75, 3.05) is 6.54 Å². The van der Waals surface area contributed by atoms with Crippen molar-refractivity contribution in [2.45, 2.75) is 32.6 Å². The highest BCUT2D eigenvalue weighted by atomic mass is 16.1. The highest BCUT2D eigenvalue weighted by molar-refractivity contribution is 5.82. The van der Waals surface area contributed by atoms with Crippen LogP contribution in [0.25, 0.3) is 0 Å². The van der Waals surface area contributed by atoms with Gasteiger partial charge in [0.15, 0.2) is 0 Å². The number of carbonyl (C=O) groups excluding carboxylic acids is 2. The Balaban J connectivity index is 2.14. The van der Waals surface area contributed by atoms with Crippen LogP contribution in [0.1, 0.15) is 32.6 Å². The second-order valence-electron chi connectivity index (χ2n) is 3.33. The van der Waals surface area contributed by atoms with Gasteiger partial charge < -0.3 is 5.32 Å². The molecule has 0 aromatic rings. The number of rotatable bonds is 3. The summed E-state index contributed by atoms with van der Waals surface area (Å²) in [5.41, 5.74) is 0. The van der Waals surface area contributed by atoms with E-state index in [1.165, 1.54) is 6.92 Å². The minimum absolute atomic E-state index is 0.0135. The predicted octanol–water partition coefficient (Wildman–Crippen LogP) is 0.882. The third-order valence-electron chi connectivity index (χ3n) is 2.30. The first-order chi connectivity index (χ1) is 5.70. The lowest BCUT2D eigenvalue weighted by Gasteiger charge is -2.06. The number of carbonyl (C=O) groups is 2. The number of ketones is 1. The zero-order chi connectivity index (χ0) is 8.97. The molecule has 1 aliphatic carbocycles. The molecule has 0 radical (unpaired) electrons. The van der Waals surface area contributed by atoms with E-state index >= 15 is 0 Å². The molecule has 1 saturated carbocycles. The van der Waals surface area contributed by atoms with Crippen LogP contribution in [-0.2, 0) is 9.59 Å². The van der Waals surface area contributed by atoms with Gasteiger partial charge in [0, 0.05) is 25.8 Å². The SMILES string of the molecule is CC(=O)NCCC1CCCC1=O. The summed E-state index contributed by atoms with van der Waals surface area (Å²) in [6, 6.07) is 0. The van der Waals surface area contributed by atoms with E-state index in [0.717, 1.165) is 25.7 Å². The van der Waals surface area contributed by atoms with Crippen LogP contribution in [0, 0.1) is 5.92 Å². The molecule has 0 aromatic heterocycles. The van der Waals surface area contributed by atoms with E-state index in [9.17, 15) is 9.59 Å². The van der Waals surface area contributed by atoms with Crippen LogP contribution < -0.4 is 5.32 Å². The smallest absolute Gasteiger partial charge is 0.216 e. The summed E-state index contributed by atoms with van der Waals surface area (Å²) >= 11 is 0. The summed E-state index contributed by atoms with van der Waals surface area (Å²) in [4.78, 5) is 21.6. The van der Waals surface area contributed by atoms with Gasteiger partial charge in [0.2, 0.25) is 5.91 Å². The summed E-state index contributed by atoms with van der Waals surface area (Å²) in [5.74, 6) is 0.581. The van der Waals surface area contributed by atoms with Crippen molar-refractivity contribution >= 4 is 11.7 Å². The van der Waals surface area contributed by atoms with Crippen LogP contribution >= 0.6 is 0 Å². The van der Waals surface area contributed by atoms with Gasteiger partial charge in [0.05, 0.1) is 0 Å². The van der Waals surface area contributed by atoms with Crippen molar-refractivity contribution in [3.8, 4) is 0 Å². The molecule has 12 heavy (non-hydrogen) atoms. The molecule has 1 atom stereocenters. The van der Waals surface area contributed by atoms with E-state index in [2.05, 4.69) is 5.32 Å². The topological polar surface area (TPSA) is 46.2 Å². The van der Waals surface area contributed by atoms with Crippen LogP contribution in [0.4, 0.5) is 0 Å². The zero-order valence-corrected chi connectivity index (χ0v) is 7.43. The van der Waals surface area contributed by atoms with Crippen molar-refractivity contribution in [1.29, 1.82) is 0 Å². The summed E-state index contributed by atoms with van der Waals surface area (Å²) in [7, 11) is 0. The van der Waals surface area contributed by atoms with Gasteiger partial charge >= 0.3 is 0 Å². The standard InChI is InChI=1S/C9H15NO2/c1-7(11)10-6-5-8-3-2-4-9(8)12/h8H,2-6H2,1H3,(H,10,11). The zero-order valence-electron chi connectivity index (χ0n) is 7.43. The van der Waals surface area contributed by atoms with Crippen molar-refractivity contribution in [3.63, 3.8) is 0 Å². The minimum atomic E-state index is -0.0135. The monoisotopic (exact) mass is 169 g/mol. The Hall–Kier alpha value is -0.860. The van der Waals surface area contributed by atoms with Gasteiger partial charge in [-0.05, 0) is 19.3 Å². The maximum Gasteiger partial charge on any atom is 0.216 e. The molecular weight excluding hydrogens is 154 g/mol. The van der Waals surface area contributed by atoms with Crippen LogP contribution in [0.5, 0.6) is 0 Å². The fourth-order valence-corrected chi connectivity index (χ4v) is 1.62. The van der Waals surface area contributed by atoms with Gasteiger partial charge in [0.25, 0.3) is 0 Å². The first-order valence-corrected chi connectivity index (χ1v) is 4.47. The van der Waals surface area contributed by atoms with Crippen molar-refractivity contribution in [1.82, 2.24) is 5.32 Å². The van der Waals surface area contributed by atoms with E-state index in [0.29, 0.717) is 12.3 Å². The Morgan fingerprint density at radius 1 is 1.67 bits per heavy atom. The van der Waals surface area contributed by atoms with Crippen molar-refractivity contribution in [3.05, 3.63) is 0 Å². The lowest BCUT2D eigenvalue weighted by molar-refractivity contribution is -0.122. The molecule has 1 N–H and O–H groups in total. The van der Waals surface area contributed by atoms with Crippen LogP contribution in [-0.4, -0.2) is 18.2 Å². The Labute approximate surface area is 72.5 Å². The minimum Gasteiger partial charge on any atom is -0.356 e. The van der Waals surface area contributed by atoms with Gasteiger partial charge in [-0.1, -0.05) is 0 Å². The lowest BCUT2D eigenvalue weighted by atomic mass is 10.0. The molecule has 3 nitrogen and oxygen atoms in total. The van der Waals surface area contributed by atoms with Gasteiger partial charge in [-0.2, -0.15) is 0 Å². The maximum atomic E-state index is 11.1. The number of hydrogen-bond acceptors (Lipinski definition) is 2. The van der Waals surface area contributed by atoms with E-state index < -0.39 is 0 Å². The highest BCUT2D eigenvalue weighted by Gasteiger charge is 2.23. The highest BCUT2D eigenvalue weighted by Crippen LogP contribution is 2.23. The lowest BCUT2D eigenvalue weighted by Crippen LogP contribution is -2.23. The van der Waals surface area contributed by atoms with Gasteiger partial charge in [-0.3, -0.25) is 9.59 Å². The van der Waals surface area contributed by atoms with Crippen LogP contribution in [0.15, 0.2) is 0 Å². The van der Waals surface area contributed by atoms with Crippen molar-refractivity contribution < 1.29 is 9.59 Å². The molecule has 1 rings (SSSR count). The summed E-state index contributed by atoms with van der Waals surface area (Å²) in [6.07, 6.45) is 3.60. The number of amides is 1. The first kappa shape index (κ1) is 9.23. The molecule has 1 aliphatic rings. The summed E-state index contributed by atoms with van der Waals surface area (Å²) in [5, 5.41) is 2.70. The fourth-order valence-electron chi connectivity index (χ4n) is 1.62. The number of nitrogens with one attached hydrogen (secondary N) is 1. The molecule has 0 saturated heterocycles. The third kappa shape index (κ3) is 2.64. The molecule has 0 spiro atoms. The normalized spacial score (nSPS) is 22.8. The predicted molar refractivity (Wildman–Crippen MR) is 45.6 cm³/mol. The Bertz CT molecular complexity index is 189. The maximum absolute atomic E-state index is 11.1. The number of Topliss-reactive ketones (excluding diaryl/α,β-unsaturated/α-hetero) is 1. The van der Waals surface area contributed by atoms with Crippen LogP contribution in [0.2, 0.25) is 0 Å². The van der Waals surface area contributed by atoms with Crippen molar-refractivity contribution in [2.24, 2.45) is 5.92 Å². The third-order valence-corrected chi connectivity index (χ3v) is 2.30. The quantitative estimate of drug-likeness (QED) is 0.681. The molecule has 1 unspecified atom stereocenters. The van der Waals surface area contributed by atoms with Gasteiger partial charge in [-0.25, -0.2) is 0 Å². The molecule has 68 valence electrons. The fraction of sp³-hybridized carbons (Fsp3) is 0.778. The van der Waals surface area contributed by atoms with E-state index in [1.54, 1.807) is 0 Å². The first-order valence-electron chi connectivity index (χ1n) is 4.47. The Morgan fingerprint density at radius 3 is 2.92 bits per heavy atom. The number of hydrogen-bond donors (Lipinski definition) is 1. The average Bonchev–Trinajstić information content (AvgIpc) is 2.36. The molecule has 0 heterocycles.